The zero-order valence-corrected chi connectivity index (χ0v) is 19.5. The Kier molecular flexibility index (Phi) is 7.42. The zero-order chi connectivity index (χ0) is 23.2. The van der Waals surface area contributed by atoms with Crippen LogP contribution in [0.1, 0.15) is 29.9 Å². The first kappa shape index (κ1) is 23.0. The van der Waals surface area contributed by atoms with Crippen molar-refractivity contribution in [3.05, 3.63) is 107 Å². The molecular weight excluding hydrogens is 459 g/mol. The highest BCUT2D eigenvalue weighted by molar-refractivity contribution is 7.99. The summed E-state index contributed by atoms with van der Waals surface area (Å²) in [6, 6.07) is 23.3. The van der Waals surface area contributed by atoms with Crippen molar-refractivity contribution in [2.75, 3.05) is 5.75 Å². The molecule has 0 spiro atoms. The van der Waals surface area contributed by atoms with Gasteiger partial charge >= 0.3 is 0 Å². The van der Waals surface area contributed by atoms with Crippen LogP contribution in [0.3, 0.4) is 0 Å². The van der Waals surface area contributed by atoms with Gasteiger partial charge in [-0.05, 0) is 54.4 Å². The Bertz CT molecular complexity index is 1210. The molecular formula is C25H22ClFN4OS. The maximum Gasteiger partial charge on any atom is 0.230 e. The number of aromatic nitrogens is 3. The van der Waals surface area contributed by atoms with Crippen LogP contribution in [-0.4, -0.2) is 26.4 Å². The van der Waals surface area contributed by atoms with E-state index in [0.29, 0.717) is 16.6 Å². The lowest BCUT2D eigenvalue weighted by molar-refractivity contribution is -0.119. The second kappa shape index (κ2) is 10.6. The van der Waals surface area contributed by atoms with Gasteiger partial charge < -0.3 is 5.32 Å². The van der Waals surface area contributed by atoms with E-state index in [9.17, 15) is 9.18 Å². The van der Waals surface area contributed by atoms with Gasteiger partial charge in [0, 0.05) is 17.1 Å². The molecule has 33 heavy (non-hydrogen) atoms. The summed E-state index contributed by atoms with van der Waals surface area (Å²) in [5.74, 6) is 0.488. The molecule has 0 fully saturated rings. The van der Waals surface area contributed by atoms with E-state index in [1.165, 1.54) is 23.9 Å². The predicted octanol–water partition coefficient (Wildman–Crippen LogP) is 5.62. The zero-order valence-electron chi connectivity index (χ0n) is 17.9. The van der Waals surface area contributed by atoms with E-state index in [0.717, 1.165) is 22.6 Å². The highest BCUT2D eigenvalue weighted by Gasteiger charge is 2.17. The van der Waals surface area contributed by atoms with Gasteiger partial charge in [-0.15, -0.1) is 10.2 Å². The van der Waals surface area contributed by atoms with E-state index in [-0.39, 0.29) is 23.5 Å². The predicted molar refractivity (Wildman–Crippen MR) is 129 cm³/mol. The van der Waals surface area contributed by atoms with Crippen LogP contribution in [0.25, 0.3) is 5.69 Å². The van der Waals surface area contributed by atoms with E-state index in [1.54, 1.807) is 12.1 Å². The average molecular weight is 481 g/mol. The van der Waals surface area contributed by atoms with Gasteiger partial charge in [0.1, 0.15) is 11.6 Å². The maximum absolute atomic E-state index is 13.1. The molecule has 0 aliphatic rings. The number of benzene rings is 3. The third-order valence-electron chi connectivity index (χ3n) is 5.07. The Hall–Kier alpha value is -3.16. The molecule has 168 valence electrons. The van der Waals surface area contributed by atoms with Gasteiger partial charge in [0.25, 0.3) is 0 Å². The fraction of sp³-hybridized carbons (Fsp3) is 0.160. The van der Waals surface area contributed by atoms with Gasteiger partial charge in [0.15, 0.2) is 5.16 Å². The lowest BCUT2D eigenvalue weighted by Gasteiger charge is -2.14. The summed E-state index contributed by atoms with van der Waals surface area (Å²) in [4.78, 5) is 12.6. The normalized spacial score (nSPS) is 11.8. The number of nitrogens with zero attached hydrogens (tertiary/aromatic N) is 3. The number of nitrogens with one attached hydrogen (secondary N) is 1. The maximum atomic E-state index is 13.1. The van der Waals surface area contributed by atoms with Gasteiger partial charge in [0.2, 0.25) is 5.91 Å². The number of hydrogen-bond acceptors (Lipinski definition) is 4. The molecule has 0 aliphatic carbocycles. The van der Waals surface area contributed by atoms with Crippen molar-refractivity contribution >= 4 is 29.3 Å². The minimum absolute atomic E-state index is 0.146. The lowest BCUT2D eigenvalue weighted by atomic mass is 10.1. The monoisotopic (exact) mass is 480 g/mol. The molecule has 0 aliphatic heterocycles. The summed E-state index contributed by atoms with van der Waals surface area (Å²) in [5, 5.41) is 12.9. The second-order valence-corrected chi connectivity index (χ2v) is 8.88. The van der Waals surface area contributed by atoms with Crippen LogP contribution in [-0.2, 0) is 11.2 Å². The molecule has 8 heteroatoms. The molecule has 0 bridgehead atoms. The molecule has 1 heterocycles. The first-order chi connectivity index (χ1) is 16.0. The third kappa shape index (κ3) is 6.00. The van der Waals surface area contributed by atoms with Crippen molar-refractivity contribution in [2.45, 2.75) is 24.5 Å². The van der Waals surface area contributed by atoms with Gasteiger partial charge in [-0.3, -0.25) is 9.36 Å². The van der Waals surface area contributed by atoms with Crippen LogP contribution >= 0.6 is 23.4 Å². The SMILES string of the molecule is CC(NC(=O)CSc1nnc(Cc2ccccc2)n1-c1ccc(Cl)cc1)c1ccc(F)cc1. The van der Waals surface area contributed by atoms with Crippen molar-refractivity contribution in [1.82, 2.24) is 20.1 Å². The topological polar surface area (TPSA) is 59.8 Å². The number of carbonyl (C=O) groups excluding carboxylic acids is 1. The van der Waals surface area contributed by atoms with Crippen molar-refractivity contribution < 1.29 is 9.18 Å². The average Bonchev–Trinajstić information content (AvgIpc) is 3.21. The molecule has 0 saturated heterocycles. The Morgan fingerprint density at radius 2 is 1.73 bits per heavy atom. The number of thioether (sulfide) groups is 1. The van der Waals surface area contributed by atoms with Crippen LogP contribution in [0.4, 0.5) is 4.39 Å². The lowest BCUT2D eigenvalue weighted by Crippen LogP contribution is -2.28. The Balaban J connectivity index is 1.50. The molecule has 4 aromatic rings. The number of halogens is 2. The Labute approximate surface area is 201 Å². The quantitative estimate of drug-likeness (QED) is 0.332. The van der Waals surface area contributed by atoms with Crippen LogP contribution in [0, 0.1) is 5.82 Å². The number of rotatable bonds is 8. The molecule has 4 rings (SSSR count). The van der Waals surface area contributed by atoms with E-state index in [2.05, 4.69) is 15.5 Å². The van der Waals surface area contributed by atoms with Crippen molar-refractivity contribution in [3.8, 4) is 5.69 Å². The van der Waals surface area contributed by atoms with E-state index >= 15 is 0 Å². The Morgan fingerprint density at radius 1 is 1.03 bits per heavy atom. The van der Waals surface area contributed by atoms with Gasteiger partial charge in [-0.1, -0.05) is 65.8 Å². The summed E-state index contributed by atoms with van der Waals surface area (Å²) >= 11 is 7.38. The number of amides is 1. The highest BCUT2D eigenvalue weighted by Crippen LogP contribution is 2.25. The summed E-state index contributed by atoms with van der Waals surface area (Å²) in [5.41, 5.74) is 2.82. The van der Waals surface area contributed by atoms with E-state index in [1.807, 2.05) is 66.1 Å². The molecule has 1 amide bonds. The van der Waals surface area contributed by atoms with Crippen LogP contribution in [0.5, 0.6) is 0 Å². The molecule has 3 aromatic carbocycles. The highest BCUT2D eigenvalue weighted by atomic mass is 35.5. The summed E-state index contributed by atoms with van der Waals surface area (Å²) in [6.07, 6.45) is 0.602. The van der Waals surface area contributed by atoms with Gasteiger partial charge in [-0.25, -0.2) is 4.39 Å². The number of carbonyl (C=O) groups is 1. The van der Waals surface area contributed by atoms with Crippen LogP contribution in [0.2, 0.25) is 5.02 Å². The van der Waals surface area contributed by atoms with Crippen LogP contribution < -0.4 is 5.32 Å². The minimum Gasteiger partial charge on any atom is -0.349 e. The van der Waals surface area contributed by atoms with Gasteiger partial charge in [-0.2, -0.15) is 0 Å². The first-order valence-electron chi connectivity index (χ1n) is 10.4. The third-order valence-corrected chi connectivity index (χ3v) is 6.25. The standard InChI is InChI=1S/C25H22ClFN4OS/c1-17(19-7-11-21(27)12-8-19)28-24(32)16-33-25-30-29-23(15-18-5-3-2-4-6-18)31(25)22-13-9-20(26)10-14-22/h2-14,17H,15-16H2,1H3,(H,28,32). The molecule has 5 nitrogen and oxygen atoms in total. The smallest absolute Gasteiger partial charge is 0.230 e. The van der Waals surface area contributed by atoms with Crippen molar-refractivity contribution in [2.24, 2.45) is 0 Å². The van der Waals surface area contributed by atoms with Gasteiger partial charge in [0.05, 0.1) is 11.8 Å². The van der Waals surface area contributed by atoms with E-state index < -0.39 is 0 Å². The molecule has 0 saturated carbocycles. The Morgan fingerprint density at radius 3 is 2.42 bits per heavy atom. The largest absolute Gasteiger partial charge is 0.349 e. The van der Waals surface area contributed by atoms with Crippen LogP contribution in [0.15, 0.2) is 84.0 Å². The summed E-state index contributed by atoms with van der Waals surface area (Å²) < 4.78 is 15.1. The first-order valence-corrected chi connectivity index (χ1v) is 11.8. The van der Waals surface area contributed by atoms with E-state index in [4.69, 9.17) is 11.6 Å². The number of hydrogen-bond donors (Lipinski definition) is 1. The minimum atomic E-state index is -0.305. The summed E-state index contributed by atoms with van der Waals surface area (Å²) in [7, 11) is 0. The fourth-order valence-electron chi connectivity index (χ4n) is 3.38. The van der Waals surface area contributed by atoms with Crippen molar-refractivity contribution in [1.29, 1.82) is 0 Å². The summed E-state index contributed by atoms with van der Waals surface area (Å²) in [6.45, 7) is 1.87. The molecule has 1 aromatic heterocycles. The fourth-order valence-corrected chi connectivity index (χ4v) is 4.29. The molecule has 0 radical (unpaired) electrons. The molecule has 1 unspecified atom stereocenters. The van der Waals surface area contributed by atoms with Crippen molar-refractivity contribution in [3.63, 3.8) is 0 Å². The molecule has 1 atom stereocenters. The second-order valence-electron chi connectivity index (χ2n) is 7.50. The molecule has 1 N–H and O–H groups in total.